The normalized spacial score (nSPS) is 25.3. The summed E-state index contributed by atoms with van der Waals surface area (Å²) in [5.74, 6) is 1.98. The number of hydrogen-bond acceptors (Lipinski definition) is 3. The van der Waals surface area contributed by atoms with Gasteiger partial charge in [0.25, 0.3) is 11.8 Å². The van der Waals surface area contributed by atoms with E-state index >= 15 is 0 Å². The number of carbonyl (C=O) groups excluding carboxylic acids is 2. The second-order valence-electron chi connectivity index (χ2n) is 10.3. The van der Waals surface area contributed by atoms with E-state index in [-0.39, 0.29) is 11.8 Å². The lowest BCUT2D eigenvalue weighted by atomic mass is 9.68. The van der Waals surface area contributed by atoms with Gasteiger partial charge in [-0.25, -0.2) is 0 Å². The first-order valence-electron chi connectivity index (χ1n) is 12.9. The molecule has 2 amide bonds. The highest BCUT2D eigenvalue weighted by Crippen LogP contribution is 2.63. The third-order valence-corrected chi connectivity index (χ3v) is 8.33. The average molecular weight is 478 g/mol. The fourth-order valence-electron chi connectivity index (χ4n) is 6.86. The topological polar surface area (TPSA) is 70.2 Å². The summed E-state index contributed by atoms with van der Waals surface area (Å²) >= 11 is 0. The van der Waals surface area contributed by atoms with Crippen molar-refractivity contribution < 1.29 is 9.59 Å². The van der Waals surface area contributed by atoms with E-state index in [9.17, 15) is 9.59 Å². The molecular formula is C31H31N3O2. The summed E-state index contributed by atoms with van der Waals surface area (Å²) in [6.07, 6.45) is 5.49. The zero-order valence-electron chi connectivity index (χ0n) is 20.2. The molecule has 6 rings (SSSR count). The Labute approximate surface area is 212 Å². The van der Waals surface area contributed by atoms with E-state index in [1.165, 1.54) is 30.4 Å². The highest BCUT2D eigenvalue weighted by molar-refractivity contribution is 6.09. The standard InChI is InChI=1S/C31H31N3O2/c1-2-16-32-31(36)23-10-6-7-11-25(23)34-30(35)22-14-15-26-24(18-22)27-20-12-13-21(17-20)28(27)29(33-26)19-8-4-3-5-9-19/h2-11,14-15,18,20-21,27-29,33H,1,12-13,16-17H2,(H,32,36)(H,34,35)/t20-,21-,27-,28+,29+/m0/s1. The summed E-state index contributed by atoms with van der Waals surface area (Å²) < 4.78 is 0. The SMILES string of the molecule is C=CCNC(=O)c1ccccc1NC(=O)c1ccc2c(c1)[C@@H]1[C@H]3CC[C@@H](C3)[C@H]1[C@@H](c1ccccc1)N2. The van der Waals surface area contributed by atoms with Gasteiger partial charge in [0.1, 0.15) is 0 Å². The lowest BCUT2D eigenvalue weighted by Gasteiger charge is -2.43. The van der Waals surface area contributed by atoms with Crippen molar-refractivity contribution in [2.45, 2.75) is 31.2 Å². The van der Waals surface area contributed by atoms with E-state index in [1.54, 1.807) is 24.3 Å². The van der Waals surface area contributed by atoms with E-state index in [4.69, 9.17) is 0 Å². The van der Waals surface area contributed by atoms with Crippen LogP contribution in [0.5, 0.6) is 0 Å². The Morgan fingerprint density at radius 2 is 1.72 bits per heavy atom. The fourth-order valence-corrected chi connectivity index (χ4v) is 6.86. The first-order valence-corrected chi connectivity index (χ1v) is 12.9. The number of carbonyl (C=O) groups is 2. The maximum atomic E-state index is 13.3. The molecule has 5 nitrogen and oxygen atoms in total. The van der Waals surface area contributed by atoms with E-state index in [0.717, 1.165) is 11.6 Å². The summed E-state index contributed by atoms with van der Waals surface area (Å²) in [7, 11) is 0. The van der Waals surface area contributed by atoms with Crippen LogP contribution in [0.1, 0.15) is 63.1 Å². The van der Waals surface area contributed by atoms with Gasteiger partial charge >= 0.3 is 0 Å². The molecule has 2 fully saturated rings. The molecule has 3 aliphatic rings. The van der Waals surface area contributed by atoms with Gasteiger partial charge in [-0.15, -0.1) is 6.58 Å². The van der Waals surface area contributed by atoms with Gasteiger partial charge in [0.05, 0.1) is 17.3 Å². The van der Waals surface area contributed by atoms with Gasteiger partial charge in [0.15, 0.2) is 0 Å². The number of hydrogen-bond donors (Lipinski definition) is 3. The van der Waals surface area contributed by atoms with Gasteiger partial charge in [0.2, 0.25) is 0 Å². The van der Waals surface area contributed by atoms with Crippen LogP contribution in [0.2, 0.25) is 0 Å². The average Bonchev–Trinajstić information content (AvgIpc) is 3.55. The number of fused-ring (bicyclic) bond motifs is 7. The number of amides is 2. The quantitative estimate of drug-likeness (QED) is 0.373. The molecule has 0 radical (unpaired) electrons. The second-order valence-corrected chi connectivity index (χ2v) is 10.3. The summed E-state index contributed by atoms with van der Waals surface area (Å²) in [6, 6.07) is 24.2. The molecule has 0 spiro atoms. The lowest BCUT2D eigenvalue weighted by molar-refractivity contribution is 0.0959. The molecular weight excluding hydrogens is 446 g/mol. The van der Waals surface area contributed by atoms with Gasteiger partial charge in [-0.3, -0.25) is 9.59 Å². The molecule has 3 aromatic rings. The van der Waals surface area contributed by atoms with Crippen LogP contribution in [0.3, 0.4) is 0 Å². The molecule has 182 valence electrons. The van der Waals surface area contributed by atoms with Crippen molar-refractivity contribution in [2.75, 3.05) is 17.2 Å². The lowest BCUT2D eigenvalue weighted by Crippen LogP contribution is -2.35. The van der Waals surface area contributed by atoms with Crippen molar-refractivity contribution in [3.63, 3.8) is 0 Å². The number of nitrogens with one attached hydrogen (secondary N) is 3. The molecule has 2 aliphatic carbocycles. The van der Waals surface area contributed by atoms with Crippen LogP contribution in [0.4, 0.5) is 11.4 Å². The number of anilines is 2. The van der Waals surface area contributed by atoms with Crippen LogP contribution < -0.4 is 16.0 Å². The Hall–Kier alpha value is -3.86. The maximum absolute atomic E-state index is 13.3. The Morgan fingerprint density at radius 1 is 0.944 bits per heavy atom. The molecule has 1 heterocycles. The van der Waals surface area contributed by atoms with E-state index in [2.05, 4.69) is 65.0 Å². The summed E-state index contributed by atoms with van der Waals surface area (Å²) in [4.78, 5) is 25.9. The van der Waals surface area contributed by atoms with Gasteiger partial charge in [-0.05, 0) is 84.4 Å². The van der Waals surface area contributed by atoms with Crippen LogP contribution in [0.25, 0.3) is 0 Å². The Morgan fingerprint density at radius 3 is 2.56 bits per heavy atom. The fraction of sp³-hybridized carbons (Fsp3) is 0.290. The molecule has 3 N–H and O–H groups in total. The predicted octanol–water partition coefficient (Wildman–Crippen LogP) is 6.15. The molecule has 3 aromatic carbocycles. The monoisotopic (exact) mass is 477 g/mol. The van der Waals surface area contributed by atoms with Crippen LogP contribution in [-0.4, -0.2) is 18.4 Å². The van der Waals surface area contributed by atoms with Gasteiger partial charge in [0, 0.05) is 17.8 Å². The van der Waals surface area contributed by atoms with Gasteiger partial charge < -0.3 is 16.0 Å². The largest absolute Gasteiger partial charge is 0.378 e. The molecule has 1 aliphatic heterocycles. The highest BCUT2D eigenvalue weighted by Gasteiger charge is 2.53. The van der Waals surface area contributed by atoms with Crippen molar-refractivity contribution in [1.82, 2.24) is 5.32 Å². The van der Waals surface area contributed by atoms with Crippen molar-refractivity contribution in [2.24, 2.45) is 17.8 Å². The predicted molar refractivity (Wildman–Crippen MR) is 143 cm³/mol. The zero-order valence-corrected chi connectivity index (χ0v) is 20.2. The van der Waals surface area contributed by atoms with Crippen LogP contribution >= 0.6 is 0 Å². The number of benzene rings is 3. The van der Waals surface area contributed by atoms with E-state index in [1.807, 2.05) is 12.1 Å². The summed E-state index contributed by atoms with van der Waals surface area (Å²) in [5, 5.41) is 9.59. The Bertz CT molecular complexity index is 1320. The summed E-state index contributed by atoms with van der Waals surface area (Å²) in [6.45, 7) is 4.01. The third-order valence-electron chi connectivity index (χ3n) is 8.33. The van der Waals surface area contributed by atoms with Crippen molar-refractivity contribution in [1.29, 1.82) is 0 Å². The van der Waals surface area contributed by atoms with Gasteiger partial charge in [-0.2, -0.15) is 0 Å². The zero-order chi connectivity index (χ0) is 24.6. The van der Waals surface area contributed by atoms with E-state index < -0.39 is 0 Å². The van der Waals surface area contributed by atoms with Crippen molar-refractivity contribution >= 4 is 23.2 Å². The Kier molecular flexibility index (Phi) is 5.84. The van der Waals surface area contributed by atoms with Gasteiger partial charge in [-0.1, -0.05) is 48.5 Å². The minimum absolute atomic E-state index is 0.202. The van der Waals surface area contributed by atoms with Crippen molar-refractivity contribution in [3.8, 4) is 0 Å². The first-order chi connectivity index (χ1) is 17.6. The van der Waals surface area contributed by atoms with Crippen LogP contribution in [-0.2, 0) is 0 Å². The number of para-hydroxylation sites is 1. The highest BCUT2D eigenvalue weighted by atomic mass is 16.2. The molecule has 0 unspecified atom stereocenters. The molecule has 0 saturated heterocycles. The smallest absolute Gasteiger partial charge is 0.255 e. The molecule has 2 saturated carbocycles. The van der Waals surface area contributed by atoms with E-state index in [0.29, 0.717) is 47.2 Å². The Balaban J connectivity index is 1.30. The van der Waals surface area contributed by atoms with Crippen LogP contribution in [0.15, 0.2) is 85.5 Å². The first kappa shape index (κ1) is 22.6. The third kappa shape index (κ3) is 3.89. The molecule has 36 heavy (non-hydrogen) atoms. The molecule has 0 aromatic heterocycles. The summed E-state index contributed by atoms with van der Waals surface area (Å²) in [5.41, 5.74) is 5.31. The van der Waals surface area contributed by atoms with Crippen LogP contribution in [0, 0.1) is 17.8 Å². The maximum Gasteiger partial charge on any atom is 0.255 e. The number of rotatable bonds is 6. The molecule has 2 bridgehead atoms. The molecule has 5 heteroatoms. The second kappa shape index (κ2) is 9.30. The minimum Gasteiger partial charge on any atom is -0.378 e. The van der Waals surface area contributed by atoms with Crippen molar-refractivity contribution in [3.05, 3.63) is 108 Å². The molecule has 5 atom stereocenters. The minimum atomic E-state index is -0.239.